The van der Waals surface area contributed by atoms with Crippen molar-refractivity contribution in [3.8, 4) is 5.88 Å². The number of nitrogens with zero attached hydrogens (tertiary/aromatic N) is 4. The second-order valence-corrected chi connectivity index (χ2v) is 9.55. The summed E-state index contributed by atoms with van der Waals surface area (Å²) in [5.41, 5.74) is 1.93. The first-order chi connectivity index (χ1) is 15.0. The number of likely N-dealkylation sites (tertiary alicyclic amines) is 1. The Bertz CT molecular complexity index is 1050. The van der Waals surface area contributed by atoms with E-state index in [-0.39, 0.29) is 18.3 Å². The first-order valence-corrected chi connectivity index (χ1v) is 12.2. The number of amides is 1. The van der Waals surface area contributed by atoms with Crippen LogP contribution in [0.15, 0.2) is 34.9 Å². The van der Waals surface area contributed by atoms with Crippen LogP contribution in [0.4, 0.5) is 16.3 Å². The molecule has 8 nitrogen and oxygen atoms in total. The number of ether oxygens (including phenoxy) is 2. The lowest BCUT2D eigenvalue weighted by atomic mass is 10.1. The molecule has 4 rings (SSSR count). The van der Waals surface area contributed by atoms with Gasteiger partial charge >= 0.3 is 6.09 Å². The number of piperidine rings is 1. The summed E-state index contributed by atoms with van der Waals surface area (Å²) in [6.45, 7) is 4.93. The summed E-state index contributed by atoms with van der Waals surface area (Å²) in [7, 11) is 0. The van der Waals surface area contributed by atoms with Gasteiger partial charge in [0, 0.05) is 37.7 Å². The molecule has 1 saturated heterocycles. The zero-order valence-corrected chi connectivity index (χ0v) is 19.3. The van der Waals surface area contributed by atoms with Gasteiger partial charge in [-0.05, 0) is 38.3 Å². The van der Waals surface area contributed by atoms with E-state index in [2.05, 4.69) is 26.3 Å². The number of benzene rings is 1. The highest BCUT2D eigenvalue weighted by molar-refractivity contribution is 8.00. The number of rotatable bonds is 6. The number of thiazole rings is 1. The smallest absolute Gasteiger partial charge is 0.410 e. The molecule has 3 aromatic rings. The normalized spacial score (nSPS) is 14.8. The van der Waals surface area contributed by atoms with Crippen LogP contribution in [0.5, 0.6) is 5.88 Å². The van der Waals surface area contributed by atoms with Gasteiger partial charge in [0.1, 0.15) is 18.2 Å². The molecule has 31 heavy (non-hydrogen) atoms. The van der Waals surface area contributed by atoms with Crippen LogP contribution < -0.4 is 10.1 Å². The Kier molecular flexibility index (Phi) is 6.77. The number of carbonyl (C=O) groups excluding carboxylic acids is 1. The van der Waals surface area contributed by atoms with Crippen molar-refractivity contribution < 1.29 is 14.3 Å². The SMILES string of the molecule is CSc1nc2ccc(Nc3cc(OC4CCN(C(=O)OC(C)C)CC4)ncn3)cc2s1. The van der Waals surface area contributed by atoms with E-state index in [0.29, 0.717) is 24.8 Å². The van der Waals surface area contributed by atoms with Crippen LogP contribution in [0.3, 0.4) is 0 Å². The maximum atomic E-state index is 12.0. The molecule has 0 spiro atoms. The second kappa shape index (κ2) is 9.69. The summed E-state index contributed by atoms with van der Waals surface area (Å²) in [6.07, 6.45) is 4.62. The van der Waals surface area contributed by atoms with Gasteiger partial charge in [0.25, 0.3) is 0 Å². The second-order valence-electron chi connectivity index (χ2n) is 7.47. The number of thioether (sulfide) groups is 1. The molecule has 1 aliphatic rings. The predicted molar refractivity (Wildman–Crippen MR) is 124 cm³/mol. The topological polar surface area (TPSA) is 89.5 Å². The molecule has 0 unspecified atom stereocenters. The summed E-state index contributed by atoms with van der Waals surface area (Å²) < 4.78 is 13.5. The van der Waals surface area contributed by atoms with Crippen LogP contribution in [-0.2, 0) is 4.74 Å². The summed E-state index contributed by atoms with van der Waals surface area (Å²) in [5, 5.41) is 3.31. The minimum Gasteiger partial charge on any atom is -0.474 e. The van der Waals surface area contributed by atoms with Crippen molar-refractivity contribution in [1.29, 1.82) is 0 Å². The number of nitrogens with one attached hydrogen (secondary N) is 1. The Morgan fingerprint density at radius 3 is 2.81 bits per heavy atom. The summed E-state index contributed by atoms with van der Waals surface area (Å²) in [4.78, 5) is 26.9. The Hall–Kier alpha value is -2.59. The Labute approximate surface area is 189 Å². The molecule has 0 aliphatic carbocycles. The quantitative estimate of drug-likeness (QED) is 0.519. The van der Waals surface area contributed by atoms with Crippen LogP contribution in [0, 0.1) is 0 Å². The molecule has 0 saturated carbocycles. The van der Waals surface area contributed by atoms with Crippen LogP contribution in [0.1, 0.15) is 26.7 Å². The van der Waals surface area contributed by atoms with Gasteiger partial charge in [-0.3, -0.25) is 0 Å². The average Bonchev–Trinajstić information content (AvgIpc) is 3.16. The van der Waals surface area contributed by atoms with Crippen molar-refractivity contribution in [3.05, 3.63) is 30.6 Å². The Morgan fingerprint density at radius 2 is 2.06 bits per heavy atom. The number of hydrogen-bond donors (Lipinski definition) is 1. The number of carbonyl (C=O) groups is 1. The van der Waals surface area contributed by atoms with Gasteiger partial charge in [0.05, 0.1) is 16.3 Å². The zero-order valence-electron chi connectivity index (χ0n) is 17.7. The van der Waals surface area contributed by atoms with Gasteiger partial charge in [-0.25, -0.2) is 19.7 Å². The number of hydrogen-bond acceptors (Lipinski definition) is 9. The minimum atomic E-state index is -0.260. The third-order valence-electron chi connectivity index (χ3n) is 4.78. The fourth-order valence-electron chi connectivity index (χ4n) is 3.29. The molecular weight excluding hydrogens is 434 g/mol. The zero-order chi connectivity index (χ0) is 21.8. The molecule has 3 heterocycles. The maximum absolute atomic E-state index is 12.0. The van der Waals surface area contributed by atoms with Gasteiger partial charge in [-0.1, -0.05) is 11.8 Å². The van der Waals surface area contributed by atoms with E-state index in [9.17, 15) is 4.79 Å². The molecule has 0 radical (unpaired) electrons. The molecule has 0 bridgehead atoms. The van der Waals surface area contributed by atoms with E-state index in [1.807, 2.05) is 32.2 Å². The van der Waals surface area contributed by atoms with Gasteiger partial charge in [0.15, 0.2) is 4.34 Å². The van der Waals surface area contributed by atoms with Gasteiger partial charge in [0.2, 0.25) is 5.88 Å². The first kappa shape index (κ1) is 21.6. The molecule has 0 atom stereocenters. The van der Waals surface area contributed by atoms with Gasteiger partial charge in [-0.2, -0.15) is 0 Å². The standard InChI is InChI=1S/C21H25N5O3S2/c1-13(2)28-21(27)26-8-6-15(7-9-26)29-19-11-18(22-12-23-19)24-14-4-5-16-17(10-14)31-20(25-16)30-3/h4-5,10-13,15H,6-9H2,1-3H3,(H,22,23,24). The molecule has 164 valence electrons. The molecule has 2 aromatic heterocycles. The molecule has 1 aromatic carbocycles. The third kappa shape index (κ3) is 5.56. The lowest BCUT2D eigenvalue weighted by Crippen LogP contribution is -2.42. The Morgan fingerprint density at radius 1 is 1.26 bits per heavy atom. The van der Waals surface area contributed by atoms with E-state index >= 15 is 0 Å². The van der Waals surface area contributed by atoms with Gasteiger partial charge < -0.3 is 19.7 Å². The molecule has 10 heteroatoms. The highest BCUT2D eigenvalue weighted by Crippen LogP contribution is 2.31. The highest BCUT2D eigenvalue weighted by atomic mass is 32.2. The van der Waals surface area contributed by atoms with Crippen molar-refractivity contribution in [1.82, 2.24) is 19.9 Å². The van der Waals surface area contributed by atoms with E-state index in [1.165, 1.54) is 6.33 Å². The lowest BCUT2D eigenvalue weighted by molar-refractivity contribution is 0.0507. The summed E-state index contributed by atoms with van der Waals surface area (Å²) in [5.74, 6) is 1.18. The fourth-order valence-corrected chi connectivity index (χ4v) is 4.82. The van der Waals surface area contributed by atoms with Crippen molar-refractivity contribution in [3.63, 3.8) is 0 Å². The number of aromatic nitrogens is 3. The molecular formula is C21H25N5O3S2. The maximum Gasteiger partial charge on any atom is 0.410 e. The van der Waals surface area contributed by atoms with Crippen molar-refractivity contribution >= 4 is 50.9 Å². The monoisotopic (exact) mass is 459 g/mol. The van der Waals surface area contributed by atoms with Crippen molar-refractivity contribution in [2.24, 2.45) is 0 Å². The number of fused-ring (bicyclic) bond motifs is 1. The lowest BCUT2D eigenvalue weighted by Gasteiger charge is -2.31. The predicted octanol–water partition coefficient (Wildman–Crippen LogP) is 4.94. The van der Waals surface area contributed by atoms with E-state index < -0.39 is 0 Å². The van der Waals surface area contributed by atoms with E-state index in [1.54, 1.807) is 34.1 Å². The first-order valence-electron chi connectivity index (χ1n) is 10.2. The average molecular weight is 460 g/mol. The van der Waals surface area contributed by atoms with Crippen LogP contribution in [-0.4, -0.2) is 57.5 Å². The Balaban J connectivity index is 1.35. The summed E-state index contributed by atoms with van der Waals surface area (Å²) in [6, 6.07) is 7.86. The molecule has 1 aliphatic heterocycles. The largest absolute Gasteiger partial charge is 0.474 e. The molecule has 1 amide bonds. The van der Waals surface area contributed by atoms with Crippen LogP contribution in [0.2, 0.25) is 0 Å². The van der Waals surface area contributed by atoms with Crippen molar-refractivity contribution in [2.45, 2.75) is 43.2 Å². The number of anilines is 2. The fraction of sp³-hybridized carbons (Fsp3) is 0.429. The van der Waals surface area contributed by atoms with Gasteiger partial charge in [-0.15, -0.1) is 11.3 Å². The van der Waals surface area contributed by atoms with Crippen molar-refractivity contribution in [2.75, 3.05) is 24.7 Å². The summed E-state index contributed by atoms with van der Waals surface area (Å²) >= 11 is 3.32. The van der Waals surface area contributed by atoms with Crippen LogP contribution >= 0.6 is 23.1 Å². The van der Waals surface area contributed by atoms with Crippen LogP contribution in [0.25, 0.3) is 10.2 Å². The minimum absolute atomic E-state index is 0.00404. The van der Waals surface area contributed by atoms with E-state index in [4.69, 9.17) is 9.47 Å². The highest BCUT2D eigenvalue weighted by Gasteiger charge is 2.25. The third-order valence-corrected chi connectivity index (χ3v) is 6.79. The van der Waals surface area contributed by atoms with E-state index in [0.717, 1.165) is 33.1 Å². The molecule has 1 N–H and O–H groups in total. The molecule has 1 fully saturated rings.